The van der Waals surface area contributed by atoms with E-state index in [4.69, 9.17) is 50.3 Å². The van der Waals surface area contributed by atoms with Gasteiger partial charge in [0.05, 0.1) is 21.3 Å². The van der Waals surface area contributed by atoms with Crippen LogP contribution in [0.5, 0.6) is 5.75 Å². The van der Waals surface area contributed by atoms with Crippen LogP contribution < -0.4 is 15.4 Å². The first kappa shape index (κ1) is 24.4. The molecule has 0 saturated carbocycles. The summed E-state index contributed by atoms with van der Waals surface area (Å²) in [5.74, 6) is 1.27. The number of halogens is 3. The van der Waals surface area contributed by atoms with Crippen LogP contribution in [0.1, 0.15) is 0 Å². The Labute approximate surface area is 222 Å². The largest absolute Gasteiger partial charge is 0.484 e. The van der Waals surface area contributed by atoms with Gasteiger partial charge in [-0.2, -0.15) is 4.98 Å². The second kappa shape index (κ2) is 10.3. The molecule has 184 valence electrons. The number of nitrogens with zero attached hydrogens (tertiary/aromatic N) is 5. The van der Waals surface area contributed by atoms with Gasteiger partial charge in [0.25, 0.3) is 5.91 Å². The molecule has 3 heterocycles. The summed E-state index contributed by atoms with van der Waals surface area (Å²) in [6.45, 7) is 2.09. The molecule has 0 bridgehead atoms. The van der Waals surface area contributed by atoms with Crippen LogP contribution in [-0.2, 0) is 4.79 Å². The van der Waals surface area contributed by atoms with Crippen molar-refractivity contribution in [2.24, 2.45) is 0 Å². The van der Waals surface area contributed by atoms with Crippen molar-refractivity contribution in [3.63, 3.8) is 0 Å². The molecule has 8 nitrogen and oxygen atoms in total. The Morgan fingerprint density at radius 3 is 2.42 bits per heavy atom. The highest BCUT2D eigenvalue weighted by Crippen LogP contribution is 2.34. The topological polar surface area (TPSA) is 97.5 Å². The Kier molecular flexibility index (Phi) is 7.00. The highest BCUT2D eigenvalue weighted by atomic mass is 35.5. The van der Waals surface area contributed by atoms with Crippen LogP contribution in [0, 0.1) is 0 Å². The summed E-state index contributed by atoms with van der Waals surface area (Å²) in [7, 11) is 0. The molecule has 1 saturated heterocycles. The summed E-state index contributed by atoms with van der Waals surface area (Å²) in [6, 6.07) is 16.0. The molecule has 5 rings (SSSR count). The third-order valence-electron chi connectivity index (χ3n) is 5.88. The van der Waals surface area contributed by atoms with E-state index < -0.39 is 0 Å². The van der Waals surface area contributed by atoms with E-state index in [0.717, 1.165) is 0 Å². The zero-order valence-corrected chi connectivity index (χ0v) is 21.3. The van der Waals surface area contributed by atoms with Crippen LogP contribution >= 0.6 is 34.8 Å². The summed E-state index contributed by atoms with van der Waals surface area (Å²) in [5.41, 5.74) is 8.58. The van der Waals surface area contributed by atoms with E-state index in [1.807, 2.05) is 24.3 Å². The van der Waals surface area contributed by atoms with Gasteiger partial charge in [0.15, 0.2) is 12.4 Å². The number of hydrogen-bond donors (Lipinski definition) is 1. The molecule has 2 N–H and O–H groups in total. The predicted molar refractivity (Wildman–Crippen MR) is 143 cm³/mol. The zero-order valence-electron chi connectivity index (χ0n) is 19.0. The van der Waals surface area contributed by atoms with Crippen molar-refractivity contribution in [1.82, 2.24) is 19.9 Å². The second-order valence-corrected chi connectivity index (χ2v) is 9.40. The standard InChI is InChI=1S/C25H21Cl3N6O2/c26-15-4-6-16(7-5-15)36-14-21(35)33-10-12-34(13-11-33)24-23-20(31-25(29)32-24)9-8-19(30-23)17-2-1-3-18(27)22(17)28/h1-9H,10-14H2,(H2,29,31,32). The fourth-order valence-corrected chi connectivity index (χ4v) is 4.55. The Morgan fingerprint density at radius 1 is 0.917 bits per heavy atom. The number of benzene rings is 2. The molecule has 11 heteroatoms. The van der Waals surface area contributed by atoms with Crippen LogP contribution in [0.2, 0.25) is 15.1 Å². The number of hydrogen-bond acceptors (Lipinski definition) is 7. The van der Waals surface area contributed by atoms with Crippen molar-refractivity contribution in [3.8, 4) is 17.0 Å². The fourth-order valence-electron chi connectivity index (χ4n) is 4.02. The van der Waals surface area contributed by atoms with Gasteiger partial charge in [-0.05, 0) is 42.5 Å². The Balaban J connectivity index is 1.33. The molecular formula is C25H21Cl3N6O2. The van der Waals surface area contributed by atoms with E-state index in [1.54, 1.807) is 35.2 Å². The molecule has 1 fully saturated rings. The number of ether oxygens (including phenoxy) is 1. The molecule has 0 aliphatic carbocycles. The van der Waals surface area contributed by atoms with Crippen molar-refractivity contribution in [2.45, 2.75) is 0 Å². The minimum Gasteiger partial charge on any atom is -0.484 e. The summed E-state index contributed by atoms with van der Waals surface area (Å²) in [4.78, 5) is 30.1. The molecule has 1 aliphatic heterocycles. The smallest absolute Gasteiger partial charge is 0.260 e. The Morgan fingerprint density at radius 2 is 1.67 bits per heavy atom. The number of nitrogens with two attached hydrogens (primary N) is 1. The molecule has 1 aliphatic rings. The van der Waals surface area contributed by atoms with Gasteiger partial charge in [-0.3, -0.25) is 4.79 Å². The van der Waals surface area contributed by atoms with Crippen molar-refractivity contribution in [2.75, 3.05) is 43.4 Å². The fraction of sp³-hybridized carbons (Fsp3) is 0.200. The van der Waals surface area contributed by atoms with Gasteiger partial charge in [-0.25, -0.2) is 9.97 Å². The van der Waals surface area contributed by atoms with E-state index in [1.165, 1.54) is 0 Å². The van der Waals surface area contributed by atoms with Gasteiger partial charge in [-0.1, -0.05) is 46.9 Å². The Hall–Kier alpha value is -3.33. The summed E-state index contributed by atoms with van der Waals surface area (Å²) < 4.78 is 5.60. The zero-order chi connectivity index (χ0) is 25.2. The average molecular weight is 544 g/mol. The Bertz CT molecular complexity index is 1430. The minimum atomic E-state index is -0.0901. The van der Waals surface area contributed by atoms with Gasteiger partial charge in [-0.15, -0.1) is 0 Å². The van der Waals surface area contributed by atoms with E-state index in [0.29, 0.717) is 75.1 Å². The first-order chi connectivity index (χ1) is 17.4. The summed E-state index contributed by atoms with van der Waals surface area (Å²) in [5, 5.41) is 1.49. The van der Waals surface area contributed by atoms with Crippen LogP contribution in [0.25, 0.3) is 22.3 Å². The maximum absolute atomic E-state index is 12.7. The SMILES string of the molecule is Nc1nc(N2CCN(C(=O)COc3ccc(Cl)cc3)CC2)c2nc(-c3cccc(Cl)c3Cl)ccc2n1. The van der Waals surface area contributed by atoms with Crippen molar-refractivity contribution >= 4 is 63.5 Å². The number of fused-ring (bicyclic) bond motifs is 1. The lowest BCUT2D eigenvalue weighted by molar-refractivity contribution is -0.133. The molecule has 0 spiro atoms. The lowest BCUT2D eigenvalue weighted by atomic mass is 10.1. The number of anilines is 2. The third-order valence-corrected chi connectivity index (χ3v) is 6.95. The maximum atomic E-state index is 12.7. The molecule has 1 amide bonds. The molecule has 4 aromatic rings. The molecule has 2 aromatic carbocycles. The number of carbonyl (C=O) groups excluding carboxylic acids is 1. The van der Waals surface area contributed by atoms with E-state index in [2.05, 4.69) is 14.9 Å². The lowest BCUT2D eigenvalue weighted by Crippen LogP contribution is -2.50. The second-order valence-electron chi connectivity index (χ2n) is 8.18. The number of amides is 1. The first-order valence-corrected chi connectivity index (χ1v) is 12.3. The molecule has 0 unspecified atom stereocenters. The van der Waals surface area contributed by atoms with Crippen LogP contribution in [0.4, 0.5) is 11.8 Å². The average Bonchev–Trinajstić information content (AvgIpc) is 2.89. The van der Waals surface area contributed by atoms with E-state index in [9.17, 15) is 4.79 Å². The number of piperazine rings is 1. The van der Waals surface area contributed by atoms with Crippen LogP contribution in [0.3, 0.4) is 0 Å². The molecule has 2 aromatic heterocycles. The van der Waals surface area contributed by atoms with Gasteiger partial charge >= 0.3 is 0 Å². The van der Waals surface area contributed by atoms with Gasteiger partial charge in [0.2, 0.25) is 5.95 Å². The molecular weight excluding hydrogens is 523 g/mol. The number of aromatic nitrogens is 3. The maximum Gasteiger partial charge on any atom is 0.260 e. The lowest BCUT2D eigenvalue weighted by Gasteiger charge is -2.35. The van der Waals surface area contributed by atoms with E-state index >= 15 is 0 Å². The molecule has 0 radical (unpaired) electrons. The van der Waals surface area contributed by atoms with Gasteiger partial charge < -0.3 is 20.3 Å². The third kappa shape index (κ3) is 5.11. The van der Waals surface area contributed by atoms with Gasteiger partial charge in [0.1, 0.15) is 11.3 Å². The van der Waals surface area contributed by atoms with Crippen molar-refractivity contribution < 1.29 is 9.53 Å². The number of nitrogen functional groups attached to an aromatic ring is 1. The summed E-state index contributed by atoms with van der Waals surface area (Å²) >= 11 is 18.5. The summed E-state index contributed by atoms with van der Waals surface area (Å²) in [6.07, 6.45) is 0. The normalized spacial score (nSPS) is 13.8. The molecule has 0 atom stereocenters. The van der Waals surface area contributed by atoms with Crippen molar-refractivity contribution in [1.29, 1.82) is 0 Å². The molecule has 36 heavy (non-hydrogen) atoms. The van der Waals surface area contributed by atoms with Crippen LogP contribution in [0.15, 0.2) is 54.6 Å². The number of carbonyl (C=O) groups is 1. The van der Waals surface area contributed by atoms with E-state index in [-0.39, 0.29) is 18.5 Å². The highest BCUT2D eigenvalue weighted by Gasteiger charge is 2.25. The highest BCUT2D eigenvalue weighted by molar-refractivity contribution is 6.43. The van der Waals surface area contributed by atoms with Gasteiger partial charge in [0, 0.05) is 36.8 Å². The number of pyridine rings is 1. The minimum absolute atomic E-state index is 0.0453. The predicted octanol–water partition coefficient (Wildman–Crippen LogP) is 4.96. The van der Waals surface area contributed by atoms with Crippen molar-refractivity contribution in [3.05, 3.63) is 69.7 Å². The number of rotatable bonds is 5. The quantitative estimate of drug-likeness (QED) is 0.380. The monoisotopic (exact) mass is 542 g/mol. The first-order valence-electron chi connectivity index (χ1n) is 11.2. The van der Waals surface area contributed by atoms with Crippen LogP contribution in [-0.4, -0.2) is 58.5 Å².